The van der Waals surface area contributed by atoms with Gasteiger partial charge >= 0.3 is 0 Å². The zero-order chi connectivity index (χ0) is 37.5. The number of benzene rings is 11. The van der Waals surface area contributed by atoms with E-state index < -0.39 is 0 Å². The van der Waals surface area contributed by atoms with Gasteiger partial charge in [0.05, 0.1) is 0 Å². The molecule has 0 unspecified atom stereocenters. The molecule has 0 radical (unpaired) electrons. The van der Waals surface area contributed by atoms with Crippen LogP contribution in [-0.4, -0.2) is 0 Å². The van der Waals surface area contributed by atoms with Gasteiger partial charge in [0.25, 0.3) is 0 Å². The molecule has 0 spiro atoms. The van der Waals surface area contributed by atoms with Crippen molar-refractivity contribution in [2.45, 2.75) is 0 Å². The summed E-state index contributed by atoms with van der Waals surface area (Å²) in [6, 6.07) is 76.3. The SMILES string of the molecule is c1cc(-c2ccc(-c3ccc(-c4cccc5c4sc4ccccc45)cc3)cc2)cc(-c2ccc3c4ccccc4c4c5ccccc5c5ccccc5c4c3c2)c1. The number of hydrogen-bond acceptors (Lipinski definition) is 1. The number of thiophene rings is 1. The van der Waals surface area contributed by atoms with E-state index in [2.05, 4.69) is 206 Å². The zero-order valence-corrected chi connectivity index (χ0v) is 31.9. The molecular formula is C56H34S. The van der Waals surface area contributed by atoms with Crippen molar-refractivity contribution in [3.05, 3.63) is 206 Å². The normalized spacial score (nSPS) is 11.9. The summed E-state index contributed by atoms with van der Waals surface area (Å²) in [6.45, 7) is 0. The van der Waals surface area contributed by atoms with Gasteiger partial charge in [0.1, 0.15) is 0 Å². The van der Waals surface area contributed by atoms with Gasteiger partial charge < -0.3 is 0 Å². The van der Waals surface area contributed by atoms with Crippen LogP contribution < -0.4 is 0 Å². The fourth-order valence-electron chi connectivity index (χ4n) is 9.35. The Labute approximate surface area is 334 Å². The molecule has 0 aliphatic rings. The average molecular weight is 739 g/mol. The molecule has 0 N–H and O–H groups in total. The Morgan fingerprint density at radius 3 is 1.25 bits per heavy atom. The minimum Gasteiger partial charge on any atom is -0.135 e. The maximum Gasteiger partial charge on any atom is 0.0433 e. The van der Waals surface area contributed by atoms with E-state index in [1.165, 1.54) is 119 Å². The monoisotopic (exact) mass is 738 g/mol. The van der Waals surface area contributed by atoms with Gasteiger partial charge in [-0.3, -0.25) is 0 Å². The van der Waals surface area contributed by atoms with E-state index in [9.17, 15) is 0 Å². The van der Waals surface area contributed by atoms with Crippen LogP contribution >= 0.6 is 11.3 Å². The molecule has 0 saturated carbocycles. The van der Waals surface area contributed by atoms with Crippen LogP contribution in [-0.2, 0) is 0 Å². The summed E-state index contributed by atoms with van der Waals surface area (Å²) in [5.74, 6) is 0. The maximum atomic E-state index is 2.43. The molecule has 0 atom stereocenters. The molecule has 1 heteroatoms. The summed E-state index contributed by atoms with van der Waals surface area (Å²) >= 11 is 1.88. The van der Waals surface area contributed by atoms with Crippen LogP contribution in [0.5, 0.6) is 0 Å². The summed E-state index contributed by atoms with van der Waals surface area (Å²) in [5, 5.41) is 15.7. The average Bonchev–Trinajstić information content (AvgIpc) is 3.68. The second-order valence-corrected chi connectivity index (χ2v) is 16.2. The van der Waals surface area contributed by atoms with Crippen molar-refractivity contribution in [3.8, 4) is 44.5 Å². The Kier molecular flexibility index (Phi) is 7.20. The first-order valence-corrected chi connectivity index (χ1v) is 20.5. The summed E-state index contributed by atoms with van der Waals surface area (Å²) in [6.07, 6.45) is 0. The van der Waals surface area contributed by atoms with Crippen molar-refractivity contribution in [1.82, 2.24) is 0 Å². The van der Waals surface area contributed by atoms with Crippen LogP contribution in [0, 0.1) is 0 Å². The fourth-order valence-corrected chi connectivity index (χ4v) is 10.6. The van der Waals surface area contributed by atoms with Crippen LogP contribution in [0.2, 0.25) is 0 Å². The van der Waals surface area contributed by atoms with Crippen LogP contribution in [0.3, 0.4) is 0 Å². The lowest BCUT2D eigenvalue weighted by atomic mass is 9.86. The number of rotatable bonds is 4. The van der Waals surface area contributed by atoms with Gasteiger partial charge in [-0.1, -0.05) is 188 Å². The third-order valence-corrected chi connectivity index (χ3v) is 13.3. The topological polar surface area (TPSA) is 0 Å². The van der Waals surface area contributed by atoms with Crippen molar-refractivity contribution in [3.63, 3.8) is 0 Å². The van der Waals surface area contributed by atoms with Crippen molar-refractivity contribution >= 4 is 85.4 Å². The van der Waals surface area contributed by atoms with Crippen LogP contribution in [0.25, 0.3) is 119 Å². The van der Waals surface area contributed by atoms with Gasteiger partial charge in [0.2, 0.25) is 0 Å². The second kappa shape index (κ2) is 12.7. The lowest BCUT2D eigenvalue weighted by molar-refractivity contribution is 1.58. The molecule has 0 saturated heterocycles. The van der Waals surface area contributed by atoms with Crippen molar-refractivity contribution in [1.29, 1.82) is 0 Å². The molecule has 264 valence electrons. The molecule has 1 heterocycles. The van der Waals surface area contributed by atoms with Gasteiger partial charge in [-0.15, -0.1) is 11.3 Å². The van der Waals surface area contributed by atoms with Crippen LogP contribution in [0.15, 0.2) is 206 Å². The highest BCUT2D eigenvalue weighted by Crippen LogP contribution is 2.45. The minimum absolute atomic E-state index is 1.21. The first kappa shape index (κ1) is 32.2. The summed E-state index contributed by atoms with van der Waals surface area (Å²) in [4.78, 5) is 0. The number of fused-ring (bicyclic) bond motifs is 14. The third kappa shape index (κ3) is 5.06. The van der Waals surface area contributed by atoms with Crippen LogP contribution in [0.4, 0.5) is 0 Å². The highest BCUT2D eigenvalue weighted by molar-refractivity contribution is 7.26. The molecule has 0 amide bonds. The lowest BCUT2D eigenvalue weighted by Gasteiger charge is -2.17. The lowest BCUT2D eigenvalue weighted by Crippen LogP contribution is -1.89. The molecule has 0 bridgehead atoms. The molecule has 0 fully saturated rings. The first-order valence-electron chi connectivity index (χ1n) is 19.7. The Morgan fingerprint density at radius 2 is 0.632 bits per heavy atom. The van der Waals surface area contributed by atoms with Gasteiger partial charge in [-0.25, -0.2) is 0 Å². The predicted molar refractivity (Wildman–Crippen MR) is 249 cm³/mol. The summed E-state index contributed by atoms with van der Waals surface area (Å²) in [5.41, 5.74) is 9.85. The van der Waals surface area contributed by atoms with E-state index in [-0.39, 0.29) is 0 Å². The Morgan fingerprint density at radius 1 is 0.228 bits per heavy atom. The molecule has 0 nitrogen and oxygen atoms in total. The smallest absolute Gasteiger partial charge is 0.0433 e. The Hall–Kier alpha value is -7.06. The van der Waals surface area contributed by atoms with Crippen molar-refractivity contribution in [2.75, 3.05) is 0 Å². The van der Waals surface area contributed by atoms with E-state index in [1.54, 1.807) is 0 Å². The predicted octanol–water partition coefficient (Wildman–Crippen LogP) is 16.5. The van der Waals surface area contributed by atoms with Crippen molar-refractivity contribution in [2.24, 2.45) is 0 Å². The molecule has 12 aromatic rings. The van der Waals surface area contributed by atoms with E-state index in [0.29, 0.717) is 0 Å². The quantitative estimate of drug-likeness (QED) is 0.158. The highest BCUT2D eigenvalue weighted by atomic mass is 32.1. The van der Waals surface area contributed by atoms with E-state index in [0.717, 1.165) is 0 Å². The second-order valence-electron chi connectivity index (χ2n) is 15.2. The van der Waals surface area contributed by atoms with E-state index in [4.69, 9.17) is 0 Å². The van der Waals surface area contributed by atoms with Gasteiger partial charge in [0.15, 0.2) is 0 Å². The van der Waals surface area contributed by atoms with Gasteiger partial charge in [0, 0.05) is 20.2 Å². The zero-order valence-electron chi connectivity index (χ0n) is 31.0. The largest absolute Gasteiger partial charge is 0.135 e. The van der Waals surface area contributed by atoms with E-state index in [1.807, 2.05) is 11.3 Å². The summed E-state index contributed by atoms with van der Waals surface area (Å²) in [7, 11) is 0. The van der Waals surface area contributed by atoms with Crippen molar-refractivity contribution < 1.29 is 0 Å². The molecule has 0 aliphatic heterocycles. The standard InChI is InChI=1S/C56H34S/c1-4-17-48-43(13-1)44-14-2-6-19-50(44)55-52-34-41(31-32-46(52)45-15-3-5-18-49(45)54(48)55)40-12-9-11-39(33-40)37-25-23-35(24-26-37)36-27-29-38(30-28-36)42-20-10-21-51-47-16-7-8-22-53(47)57-56(42)51/h1-34H. The molecule has 0 aliphatic carbocycles. The maximum absolute atomic E-state index is 2.43. The minimum atomic E-state index is 1.21. The number of hydrogen-bond donors (Lipinski definition) is 0. The molecular weight excluding hydrogens is 705 g/mol. The molecule has 11 aromatic carbocycles. The van der Waals surface area contributed by atoms with Gasteiger partial charge in [-0.05, 0) is 117 Å². The fraction of sp³-hybridized carbons (Fsp3) is 0. The molecule has 57 heavy (non-hydrogen) atoms. The highest BCUT2D eigenvalue weighted by Gasteiger charge is 2.17. The molecule has 1 aromatic heterocycles. The summed E-state index contributed by atoms with van der Waals surface area (Å²) < 4.78 is 2.69. The van der Waals surface area contributed by atoms with Gasteiger partial charge in [-0.2, -0.15) is 0 Å². The van der Waals surface area contributed by atoms with E-state index >= 15 is 0 Å². The first-order chi connectivity index (χ1) is 28.3. The Balaban J connectivity index is 0.918. The Bertz CT molecular complexity index is 3530. The third-order valence-electron chi connectivity index (χ3n) is 12.1. The molecule has 12 rings (SSSR count). The van der Waals surface area contributed by atoms with Crippen LogP contribution in [0.1, 0.15) is 0 Å².